The molecule has 116 valence electrons. The van der Waals surface area contributed by atoms with Gasteiger partial charge in [0.25, 0.3) is 0 Å². The van der Waals surface area contributed by atoms with Gasteiger partial charge in [0.2, 0.25) is 10.0 Å². The third-order valence-corrected chi connectivity index (χ3v) is 5.54. The quantitative estimate of drug-likeness (QED) is 0.838. The maximum Gasteiger partial charge on any atom is 0.309 e. The second kappa shape index (κ2) is 6.34. The Hall–Kier alpha value is -1.11. The molecule has 0 radical (unpaired) electrons. The average Bonchev–Trinajstić information content (AvgIpc) is 2.81. The van der Waals surface area contributed by atoms with Crippen molar-refractivity contribution >= 4 is 27.6 Å². The van der Waals surface area contributed by atoms with Crippen LogP contribution in [0.2, 0.25) is 5.02 Å². The van der Waals surface area contributed by atoms with E-state index in [1.165, 1.54) is 14.0 Å². The molecule has 0 unspecified atom stereocenters. The number of ether oxygens (including phenoxy) is 1. The van der Waals surface area contributed by atoms with Gasteiger partial charge in [0.15, 0.2) is 0 Å². The molecule has 5 nitrogen and oxygen atoms in total. The SMILES string of the molecule is COC(=O)[C@H](C)CS(=O)(=O)N[C@@H]1CCc2c(Cl)cccc21. The second-order valence-electron chi connectivity index (χ2n) is 5.22. The van der Waals surface area contributed by atoms with Crippen LogP contribution < -0.4 is 4.72 Å². The zero-order valence-corrected chi connectivity index (χ0v) is 13.5. The number of nitrogens with one attached hydrogen (secondary N) is 1. The predicted octanol–water partition coefficient (Wildman–Crippen LogP) is 2.06. The molecule has 0 spiro atoms. The van der Waals surface area contributed by atoms with E-state index < -0.39 is 21.9 Å². The fourth-order valence-electron chi connectivity index (χ4n) is 2.60. The minimum Gasteiger partial charge on any atom is -0.469 e. The van der Waals surface area contributed by atoms with Crippen molar-refractivity contribution < 1.29 is 17.9 Å². The van der Waals surface area contributed by atoms with Gasteiger partial charge >= 0.3 is 5.97 Å². The van der Waals surface area contributed by atoms with Crippen LogP contribution in [-0.4, -0.2) is 27.2 Å². The van der Waals surface area contributed by atoms with Crippen molar-refractivity contribution in [3.63, 3.8) is 0 Å². The number of rotatable bonds is 5. The Morgan fingerprint density at radius 3 is 2.90 bits per heavy atom. The van der Waals surface area contributed by atoms with Gasteiger partial charge in [0, 0.05) is 11.1 Å². The zero-order chi connectivity index (χ0) is 15.6. The number of carbonyl (C=O) groups excluding carboxylic acids is 1. The van der Waals surface area contributed by atoms with Gasteiger partial charge in [-0.25, -0.2) is 13.1 Å². The predicted molar refractivity (Wildman–Crippen MR) is 80.6 cm³/mol. The minimum atomic E-state index is -3.57. The number of hydrogen-bond donors (Lipinski definition) is 1. The van der Waals surface area contributed by atoms with Crippen LogP contribution in [0.4, 0.5) is 0 Å². The molecule has 0 heterocycles. The first-order valence-corrected chi connectivity index (χ1v) is 8.72. The summed E-state index contributed by atoms with van der Waals surface area (Å²) in [6, 6.07) is 5.21. The lowest BCUT2D eigenvalue weighted by Crippen LogP contribution is -2.34. The summed E-state index contributed by atoms with van der Waals surface area (Å²) >= 11 is 6.11. The van der Waals surface area contributed by atoms with Crippen molar-refractivity contribution in [2.75, 3.05) is 12.9 Å². The molecule has 1 N–H and O–H groups in total. The summed E-state index contributed by atoms with van der Waals surface area (Å²) in [5, 5.41) is 0.664. The van der Waals surface area contributed by atoms with E-state index in [4.69, 9.17) is 11.6 Å². The third-order valence-electron chi connectivity index (χ3n) is 3.61. The number of esters is 1. The van der Waals surface area contributed by atoms with Crippen LogP contribution in [0.15, 0.2) is 18.2 Å². The van der Waals surface area contributed by atoms with E-state index in [2.05, 4.69) is 9.46 Å². The van der Waals surface area contributed by atoms with Crippen LogP contribution in [0, 0.1) is 5.92 Å². The molecule has 0 saturated heterocycles. The molecular formula is C14H18ClNO4S. The number of halogens is 1. The summed E-state index contributed by atoms with van der Waals surface area (Å²) in [7, 11) is -2.32. The van der Waals surface area contributed by atoms with Crippen LogP contribution in [-0.2, 0) is 26.0 Å². The summed E-state index contributed by atoms with van der Waals surface area (Å²) in [5.74, 6) is -1.52. The van der Waals surface area contributed by atoms with Gasteiger partial charge in [-0.3, -0.25) is 4.79 Å². The standard InChI is InChI=1S/C14H18ClNO4S/c1-9(14(17)20-2)8-21(18,19)16-13-7-6-10-11(13)4-3-5-12(10)15/h3-5,9,13,16H,6-8H2,1-2H3/t9-,13-/m1/s1. The molecule has 2 atom stereocenters. The first-order chi connectivity index (χ1) is 9.84. The number of hydrogen-bond acceptors (Lipinski definition) is 4. The van der Waals surface area contributed by atoms with E-state index in [9.17, 15) is 13.2 Å². The largest absolute Gasteiger partial charge is 0.469 e. The van der Waals surface area contributed by atoms with Crippen molar-refractivity contribution in [3.05, 3.63) is 34.3 Å². The Morgan fingerprint density at radius 1 is 1.52 bits per heavy atom. The van der Waals surface area contributed by atoms with E-state index in [1.807, 2.05) is 12.1 Å². The maximum atomic E-state index is 12.2. The van der Waals surface area contributed by atoms with Gasteiger partial charge in [0.05, 0.1) is 18.8 Å². The topological polar surface area (TPSA) is 72.5 Å². The summed E-state index contributed by atoms with van der Waals surface area (Å²) in [6.45, 7) is 1.53. The molecule has 2 rings (SSSR count). The van der Waals surface area contributed by atoms with Crippen molar-refractivity contribution in [2.24, 2.45) is 5.92 Å². The van der Waals surface area contributed by atoms with Gasteiger partial charge in [-0.15, -0.1) is 0 Å². The van der Waals surface area contributed by atoms with Gasteiger partial charge in [-0.1, -0.05) is 30.7 Å². The molecule has 1 aromatic rings. The Morgan fingerprint density at radius 2 is 2.24 bits per heavy atom. The van der Waals surface area contributed by atoms with Gasteiger partial charge in [-0.05, 0) is 30.0 Å². The lowest BCUT2D eigenvalue weighted by Gasteiger charge is -2.16. The molecule has 7 heteroatoms. The Bertz CT molecular complexity index is 644. The molecule has 0 amide bonds. The normalized spacial score (nSPS) is 19.1. The highest BCUT2D eigenvalue weighted by atomic mass is 35.5. The molecule has 0 saturated carbocycles. The Kier molecular flexibility index (Phi) is 4.91. The number of sulfonamides is 1. The number of methoxy groups -OCH3 is 1. The Balaban J connectivity index is 2.10. The molecule has 1 aliphatic rings. The summed E-state index contributed by atoms with van der Waals surface area (Å²) in [4.78, 5) is 11.3. The number of benzene rings is 1. The van der Waals surface area contributed by atoms with Crippen LogP contribution in [0.25, 0.3) is 0 Å². The number of carbonyl (C=O) groups is 1. The fraction of sp³-hybridized carbons (Fsp3) is 0.500. The molecule has 0 aliphatic heterocycles. The third kappa shape index (κ3) is 3.75. The highest BCUT2D eigenvalue weighted by Crippen LogP contribution is 2.35. The molecule has 0 fully saturated rings. The van der Waals surface area contributed by atoms with Crippen LogP contribution in [0.3, 0.4) is 0 Å². The number of fused-ring (bicyclic) bond motifs is 1. The van der Waals surface area contributed by atoms with Gasteiger partial charge in [-0.2, -0.15) is 0 Å². The molecule has 0 bridgehead atoms. The summed E-state index contributed by atoms with van der Waals surface area (Å²) in [5.41, 5.74) is 1.91. The van der Waals surface area contributed by atoms with Crippen molar-refractivity contribution in [3.8, 4) is 0 Å². The van der Waals surface area contributed by atoms with E-state index in [0.29, 0.717) is 11.4 Å². The smallest absolute Gasteiger partial charge is 0.309 e. The van der Waals surface area contributed by atoms with E-state index >= 15 is 0 Å². The monoisotopic (exact) mass is 331 g/mol. The lowest BCUT2D eigenvalue weighted by atomic mass is 10.1. The van der Waals surface area contributed by atoms with E-state index in [1.54, 1.807) is 6.07 Å². The first-order valence-electron chi connectivity index (χ1n) is 6.69. The van der Waals surface area contributed by atoms with Crippen molar-refractivity contribution in [1.29, 1.82) is 0 Å². The Labute approximate surface area is 129 Å². The fourth-order valence-corrected chi connectivity index (χ4v) is 4.44. The molecular weight excluding hydrogens is 314 g/mol. The first kappa shape index (κ1) is 16.3. The van der Waals surface area contributed by atoms with Crippen LogP contribution in [0.1, 0.15) is 30.5 Å². The average molecular weight is 332 g/mol. The second-order valence-corrected chi connectivity index (χ2v) is 7.43. The maximum absolute atomic E-state index is 12.2. The van der Waals surface area contributed by atoms with Crippen molar-refractivity contribution in [1.82, 2.24) is 4.72 Å². The summed E-state index contributed by atoms with van der Waals surface area (Å²) in [6.07, 6.45) is 1.42. The zero-order valence-electron chi connectivity index (χ0n) is 11.9. The van der Waals surface area contributed by atoms with Gasteiger partial charge in [0.1, 0.15) is 0 Å². The summed E-state index contributed by atoms with van der Waals surface area (Å²) < 4.78 is 31.5. The molecule has 1 aliphatic carbocycles. The minimum absolute atomic E-state index is 0.284. The van der Waals surface area contributed by atoms with Gasteiger partial charge < -0.3 is 4.74 Å². The highest BCUT2D eigenvalue weighted by molar-refractivity contribution is 7.89. The van der Waals surface area contributed by atoms with E-state index in [-0.39, 0.29) is 11.8 Å². The van der Waals surface area contributed by atoms with Crippen LogP contribution in [0.5, 0.6) is 0 Å². The lowest BCUT2D eigenvalue weighted by molar-refractivity contribution is -0.144. The molecule has 1 aromatic carbocycles. The van der Waals surface area contributed by atoms with E-state index in [0.717, 1.165) is 17.5 Å². The van der Waals surface area contributed by atoms with Crippen molar-refractivity contribution in [2.45, 2.75) is 25.8 Å². The highest BCUT2D eigenvalue weighted by Gasteiger charge is 2.30. The molecule has 0 aromatic heterocycles. The van der Waals surface area contributed by atoms with Crippen LogP contribution >= 0.6 is 11.6 Å². The molecule has 21 heavy (non-hydrogen) atoms.